The first-order valence-corrected chi connectivity index (χ1v) is 10.4. The van der Waals surface area contributed by atoms with Gasteiger partial charge in [0.05, 0.1) is 24.6 Å². The molecule has 2 fully saturated rings. The van der Waals surface area contributed by atoms with Crippen LogP contribution in [0, 0.1) is 0 Å². The van der Waals surface area contributed by atoms with Crippen molar-refractivity contribution in [3.05, 3.63) is 12.4 Å². The molecular formula is C16H25N3O4S. The molecule has 1 N–H and O–H groups in total. The Balaban J connectivity index is 1.45. The van der Waals surface area contributed by atoms with Crippen LogP contribution in [-0.4, -0.2) is 56.0 Å². The van der Waals surface area contributed by atoms with E-state index in [1.165, 1.54) is 12.4 Å². The average Bonchev–Trinajstić information content (AvgIpc) is 2.57. The summed E-state index contributed by atoms with van der Waals surface area (Å²) in [5.41, 5.74) is 0. The van der Waals surface area contributed by atoms with Gasteiger partial charge in [-0.2, -0.15) is 0 Å². The van der Waals surface area contributed by atoms with Gasteiger partial charge in [-0.3, -0.25) is 0 Å². The number of hydrogen-bond donors (Lipinski definition) is 1. The minimum Gasteiger partial charge on any atom is -0.473 e. The van der Waals surface area contributed by atoms with Crippen molar-refractivity contribution in [3.63, 3.8) is 0 Å². The Morgan fingerprint density at radius 1 is 0.958 bits per heavy atom. The summed E-state index contributed by atoms with van der Waals surface area (Å²) >= 11 is 0. The van der Waals surface area contributed by atoms with E-state index in [1.807, 2.05) is 0 Å². The molecule has 1 aliphatic heterocycles. The van der Waals surface area contributed by atoms with Crippen LogP contribution in [0.15, 0.2) is 17.4 Å². The molecule has 1 aromatic rings. The Kier molecular flexibility index (Phi) is 5.68. The lowest BCUT2D eigenvalue weighted by atomic mass is 9.94. The Labute approximate surface area is 143 Å². The molecule has 2 aliphatic rings. The van der Waals surface area contributed by atoms with Gasteiger partial charge in [0.15, 0.2) is 14.9 Å². The van der Waals surface area contributed by atoms with Gasteiger partial charge in [0.1, 0.15) is 6.10 Å². The minimum absolute atomic E-state index is 0.0334. The van der Waals surface area contributed by atoms with E-state index in [-0.39, 0.29) is 11.1 Å². The van der Waals surface area contributed by atoms with E-state index in [1.54, 1.807) is 0 Å². The van der Waals surface area contributed by atoms with Gasteiger partial charge in [0, 0.05) is 6.26 Å². The third-order valence-electron chi connectivity index (χ3n) is 4.56. The number of ether oxygens (including phenoxy) is 2. The summed E-state index contributed by atoms with van der Waals surface area (Å²) in [7, 11) is -3.32. The van der Waals surface area contributed by atoms with Gasteiger partial charge < -0.3 is 14.8 Å². The first-order chi connectivity index (χ1) is 11.5. The molecule has 0 aromatic carbocycles. The summed E-state index contributed by atoms with van der Waals surface area (Å²) in [6.45, 7) is 2.09. The molecular weight excluding hydrogens is 330 g/mol. The first kappa shape index (κ1) is 17.6. The molecule has 1 aliphatic carbocycles. The number of hydrogen-bond acceptors (Lipinski definition) is 7. The maximum absolute atomic E-state index is 11.4. The standard InChI is InChI=1S/C16H25N3O4S/c1-24(20,21)16-11-18-15(10-19-16)23-13-4-2-12(3-5-13)22-14-6-8-17-9-7-14/h10-14,17H,2-9H2,1H3/t12-,13-. The molecule has 0 bridgehead atoms. The number of piperidine rings is 1. The monoisotopic (exact) mass is 355 g/mol. The highest BCUT2D eigenvalue weighted by Crippen LogP contribution is 2.26. The third kappa shape index (κ3) is 4.87. The van der Waals surface area contributed by atoms with Crippen molar-refractivity contribution in [1.82, 2.24) is 15.3 Å². The predicted octanol–water partition coefficient (Wildman–Crippen LogP) is 1.34. The van der Waals surface area contributed by atoms with Gasteiger partial charge in [0.2, 0.25) is 5.88 Å². The largest absolute Gasteiger partial charge is 0.473 e. The van der Waals surface area contributed by atoms with Gasteiger partial charge in [-0.15, -0.1) is 0 Å². The maximum Gasteiger partial charge on any atom is 0.232 e. The van der Waals surface area contributed by atoms with E-state index >= 15 is 0 Å². The second-order valence-corrected chi connectivity index (χ2v) is 8.53. The van der Waals surface area contributed by atoms with E-state index in [4.69, 9.17) is 9.47 Å². The van der Waals surface area contributed by atoms with Gasteiger partial charge in [-0.1, -0.05) is 0 Å². The highest BCUT2D eigenvalue weighted by molar-refractivity contribution is 7.90. The van der Waals surface area contributed by atoms with Crippen LogP contribution < -0.4 is 10.1 Å². The molecule has 0 radical (unpaired) electrons. The van der Waals surface area contributed by atoms with Crippen molar-refractivity contribution in [2.24, 2.45) is 0 Å². The second kappa shape index (κ2) is 7.76. The highest BCUT2D eigenvalue weighted by Gasteiger charge is 2.26. The van der Waals surface area contributed by atoms with Crippen molar-refractivity contribution < 1.29 is 17.9 Å². The molecule has 3 rings (SSSR count). The molecule has 2 heterocycles. The molecule has 1 saturated heterocycles. The van der Waals surface area contributed by atoms with Crippen LogP contribution in [0.1, 0.15) is 38.5 Å². The molecule has 0 spiro atoms. The molecule has 8 heteroatoms. The molecule has 0 amide bonds. The summed E-state index contributed by atoms with van der Waals surface area (Å²) in [5.74, 6) is 0.380. The van der Waals surface area contributed by atoms with Gasteiger partial charge >= 0.3 is 0 Å². The number of aromatic nitrogens is 2. The number of nitrogens with one attached hydrogen (secondary N) is 1. The van der Waals surface area contributed by atoms with Crippen LogP contribution in [0.4, 0.5) is 0 Å². The minimum atomic E-state index is -3.32. The van der Waals surface area contributed by atoms with Gasteiger partial charge in [0.25, 0.3) is 0 Å². The zero-order valence-corrected chi connectivity index (χ0v) is 14.8. The van der Waals surface area contributed by atoms with E-state index in [0.717, 1.165) is 57.9 Å². The fraction of sp³-hybridized carbons (Fsp3) is 0.750. The normalized spacial score (nSPS) is 26.2. The van der Waals surface area contributed by atoms with Crippen molar-refractivity contribution in [2.45, 2.75) is 61.9 Å². The molecule has 134 valence electrons. The van der Waals surface area contributed by atoms with Crippen LogP contribution in [0.3, 0.4) is 0 Å². The molecule has 0 atom stereocenters. The lowest BCUT2D eigenvalue weighted by molar-refractivity contribution is -0.0552. The Bertz CT molecular complexity index is 621. The molecule has 7 nitrogen and oxygen atoms in total. The van der Waals surface area contributed by atoms with Crippen molar-refractivity contribution in [2.75, 3.05) is 19.3 Å². The van der Waals surface area contributed by atoms with E-state index in [9.17, 15) is 8.42 Å². The topological polar surface area (TPSA) is 90.4 Å². The van der Waals surface area contributed by atoms with E-state index < -0.39 is 9.84 Å². The predicted molar refractivity (Wildman–Crippen MR) is 88.8 cm³/mol. The quantitative estimate of drug-likeness (QED) is 0.852. The number of sulfone groups is 1. The van der Waals surface area contributed by atoms with Crippen molar-refractivity contribution >= 4 is 9.84 Å². The zero-order valence-electron chi connectivity index (χ0n) is 14.0. The fourth-order valence-electron chi connectivity index (χ4n) is 3.22. The molecule has 1 saturated carbocycles. The molecule has 1 aromatic heterocycles. The van der Waals surface area contributed by atoms with Crippen LogP contribution in [0.2, 0.25) is 0 Å². The highest BCUT2D eigenvalue weighted by atomic mass is 32.2. The Morgan fingerprint density at radius 3 is 2.17 bits per heavy atom. The van der Waals surface area contributed by atoms with Crippen molar-refractivity contribution in [1.29, 1.82) is 0 Å². The van der Waals surface area contributed by atoms with Gasteiger partial charge in [-0.05, 0) is 51.6 Å². The fourth-order valence-corrected chi connectivity index (χ4v) is 3.71. The Morgan fingerprint density at radius 2 is 1.58 bits per heavy atom. The first-order valence-electron chi connectivity index (χ1n) is 8.55. The molecule has 0 unspecified atom stereocenters. The van der Waals surface area contributed by atoms with Crippen LogP contribution in [0.5, 0.6) is 5.88 Å². The van der Waals surface area contributed by atoms with Crippen LogP contribution in [0.25, 0.3) is 0 Å². The lowest BCUT2D eigenvalue weighted by Gasteiger charge is -2.32. The smallest absolute Gasteiger partial charge is 0.232 e. The summed E-state index contributed by atoms with van der Waals surface area (Å²) < 4.78 is 34.8. The number of rotatable bonds is 5. The van der Waals surface area contributed by atoms with Crippen molar-refractivity contribution in [3.8, 4) is 5.88 Å². The lowest BCUT2D eigenvalue weighted by Crippen LogP contribution is -2.37. The summed E-state index contributed by atoms with van der Waals surface area (Å²) in [5, 5.41) is 3.32. The van der Waals surface area contributed by atoms with Crippen LogP contribution >= 0.6 is 0 Å². The summed E-state index contributed by atoms with van der Waals surface area (Å²) in [6, 6.07) is 0. The Hall–Kier alpha value is -1.25. The van der Waals surface area contributed by atoms with Crippen LogP contribution in [-0.2, 0) is 14.6 Å². The average molecular weight is 355 g/mol. The summed E-state index contributed by atoms with van der Waals surface area (Å²) in [4.78, 5) is 7.95. The SMILES string of the molecule is CS(=O)(=O)c1cnc(O[C@H]2CC[C@H](OC3CCNCC3)CC2)cn1. The maximum atomic E-state index is 11.4. The van der Waals surface area contributed by atoms with E-state index in [0.29, 0.717) is 18.1 Å². The second-order valence-electron chi connectivity index (χ2n) is 6.57. The molecule has 24 heavy (non-hydrogen) atoms. The van der Waals surface area contributed by atoms with Gasteiger partial charge in [-0.25, -0.2) is 18.4 Å². The van der Waals surface area contributed by atoms with E-state index in [2.05, 4.69) is 15.3 Å². The zero-order chi connectivity index (χ0) is 17.0. The third-order valence-corrected chi connectivity index (χ3v) is 5.53. The number of nitrogens with zero attached hydrogens (tertiary/aromatic N) is 2. The summed E-state index contributed by atoms with van der Waals surface area (Å²) in [6.07, 6.45) is 10.6.